The maximum Gasteiger partial charge on any atom is 0.416 e. The van der Waals surface area contributed by atoms with Crippen LogP contribution >= 0.6 is 24.0 Å². The quantitative estimate of drug-likeness (QED) is 0.272. The summed E-state index contributed by atoms with van der Waals surface area (Å²) in [6, 6.07) is 13.3. The molecule has 0 aliphatic carbocycles. The zero-order valence-corrected chi connectivity index (χ0v) is 21.0. The number of aliphatic imine (C=N–C) groups is 1. The highest BCUT2D eigenvalue weighted by molar-refractivity contribution is 14.0. The number of rotatable bonds is 8. The molecule has 1 heterocycles. The van der Waals surface area contributed by atoms with E-state index in [0.717, 1.165) is 41.8 Å². The third kappa shape index (κ3) is 8.53. The van der Waals surface area contributed by atoms with E-state index >= 15 is 0 Å². The van der Waals surface area contributed by atoms with Gasteiger partial charge in [-0.15, -0.1) is 24.0 Å². The number of hydrogen-bond donors (Lipinski definition) is 2. The number of amides is 1. The van der Waals surface area contributed by atoms with Crippen molar-refractivity contribution in [2.45, 2.75) is 45.5 Å². The third-order valence-electron chi connectivity index (χ3n) is 5.32. The average molecular weight is 574 g/mol. The van der Waals surface area contributed by atoms with E-state index in [2.05, 4.69) is 15.6 Å². The van der Waals surface area contributed by atoms with Crippen LogP contribution < -0.4 is 10.6 Å². The minimum absolute atomic E-state index is 0. The summed E-state index contributed by atoms with van der Waals surface area (Å²) >= 11 is 0. The minimum Gasteiger partial charge on any atom is -0.357 e. The molecule has 2 aromatic carbocycles. The molecule has 1 aliphatic heterocycles. The van der Waals surface area contributed by atoms with Crippen molar-refractivity contribution in [2.75, 3.05) is 19.6 Å². The van der Waals surface area contributed by atoms with Crippen LogP contribution in [-0.4, -0.2) is 36.4 Å². The fourth-order valence-electron chi connectivity index (χ4n) is 3.54. The number of guanidine groups is 1. The van der Waals surface area contributed by atoms with Gasteiger partial charge in [-0.2, -0.15) is 13.2 Å². The molecule has 1 saturated heterocycles. The van der Waals surface area contributed by atoms with Gasteiger partial charge < -0.3 is 15.5 Å². The second-order valence-corrected chi connectivity index (χ2v) is 7.80. The lowest BCUT2D eigenvalue weighted by Gasteiger charge is -2.15. The Labute approximate surface area is 209 Å². The largest absolute Gasteiger partial charge is 0.416 e. The third-order valence-corrected chi connectivity index (χ3v) is 5.32. The predicted molar refractivity (Wildman–Crippen MR) is 134 cm³/mol. The molecule has 0 spiro atoms. The molecule has 0 atom stereocenters. The topological polar surface area (TPSA) is 56.7 Å². The number of halogens is 4. The Hall–Kier alpha value is -2.30. The second kappa shape index (κ2) is 12.8. The van der Waals surface area contributed by atoms with Crippen molar-refractivity contribution >= 4 is 35.8 Å². The number of carbonyl (C=O) groups excluding carboxylic acids is 1. The summed E-state index contributed by atoms with van der Waals surface area (Å²) in [6.07, 6.45) is -2.14. The van der Waals surface area contributed by atoms with E-state index in [0.29, 0.717) is 45.0 Å². The second-order valence-electron chi connectivity index (χ2n) is 7.80. The Balaban J connectivity index is 0.00000385. The predicted octanol–water partition coefficient (Wildman–Crippen LogP) is 4.74. The van der Waals surface area contributed by atoms with Crippen LogP contribution in [0.4, 0.5) is 13.2 Å². The smallest absolute Gasteiger partial charge is 0.357 e. The molecule has 0 aromatic heterocycles. The maximum atomic E-state index is 12.7. The van der Waals surface area contributed by atoms with Gasteiger partial charge in [0, 0.05) is 32.6 Å². The van der Waals surface area contributed by atoms with Gasteiger partial charge in [-0.05, 0) is 48.6 Å². The first-order valence-electron chi connectivity index (χ1n) is 10.9. The minimum atomic E-state index is -4.31. The molecule has 0 unspecified atom stereocenters. The molecular formula is C24H30F3IN4O. The van der Waals surface area contributed by atoms with Crippen LogP contribution in [0.3, 0.4) is 0 Å². The molecule has 33 heavy (non-hydrogen) atoms. The molecule has 9 heteroatoms. The van der Waals surface area contributed by atoms with Crippen LogP contribution in [0.15, 0.2) is 53.5 Å². The first-order chi connectivity index (χ1) is 15.3. The maximum absolute atomic E-state index is 12.7. The summed E-state index contributed by atoms with van der Waals surface area (Å²) in [6.45, 7) is 5.21. The zero-order valence-electron chi connectivity index (χ0n) is 18.6. The fourth-order valence-corrected chi connectivity index (χ4v) is 3.54. The van der Waals surface area contributed by atoms with Crippen molar-refractivity contribution in [3.05, 3.63) is 70.8 Å². The summed E-state index contributed by atoms with van der Waals surface area (Å²) in [4.78, 5) is 18.2. The van der Waals surface area contributed by atoms with Gasteiger partial charge in [-0.3, -0.25) is 4.79 Å². The molecule has 0 bridgehead atoms. The van der Waals surface area contributed by atoms with Gasteiger partial charge in [0.2, 0.25) is 5.91 Å². The average Bonchev–Trinajstić information content (AvgIpc) is 3.17. The molecule has 0 saturated carbocycles. The lowest BCUT2D eigenvalue weighted by molar-refractivity contribution is -0.137. The van der Waals surface area contributed by atoms with Crippen LogP contribution in [0.25, 0.3) is 0 Å². The van der Waals surface area contributed by atoms with Crippen LogP contribution in [0, 0.1) is 0 Å². The summed E-state index contributed by atoms with van der Waals surface area (Å²) in [5, 5.41) is 6.40. The molecule has 180 valence electrons. The van der Waals surface area contributed by atoms with Crippen molar-refractivity contribution < 1.29 is 18.0 Å². The van der Waals surface area contributed by atoms with Crippen LogP contribution in [-0.2, 0) is 30.5 Å². The molecule has 3 rings (SSSR count). The van der Waals surface area contributed by atoms with E-state index in [1.807, 2.05) is 36.1 Å². The molecular weight excluding hydrogens is 544 g/mol. The molecule has 1 fully saturated rings. The number of nitrogens with zero attached hydrogens (tertiary/aromatic N) is 2. The molecule has 0 radical (unpaired) electrons. The highest BCUT2D eigenvalue weighted by atomic mass is 127. The number of hydrogen-bond acceptors (Lipinski definition) is 2. The SMILES string of the molecule is CCNC(=NCc1ccc(CN2CCCC2=O)cc1)NCCc1ccc(C(F)(F)F)cc1.I. The number of alkyl halides is 3. The van der Waals surface area contributed by atoms with E-state index in [9.17, 15) is 18.0 Å². The molecule has 2 aromatic rings. The molecule has 1 amide bonds. The van der Waals surface area contributed by atoms with E-state index in [1.165, 1.54) is 12.1 Å². The number of likely N-dealkylation sites (tertiary alicyclic amines) is 1. The Morgan fingerprint density at radius 2 is 1.64 bits per heavy atom. The zero-order chi connectivity index (χ0) is 23.0. The van der Waals surface area contributed by atoms with Crippen molar-refractivity contribution in [2.24, 2.45) is 4.99 Å². The monoisotopic (exact) mass is 574 g/mol. The Bertz CT molecular complexity index is 915. The Morgan fingerprint density at radius 1 is 1.00 bits per heavy atom. The Kier molecular flexibility index (Phi) is 10.5. The van der Waals surface area contributed by atoms with Gasteiger partial charge in [0.1, 0.15) is 0 Å². The normalized spacial score (nSPS) is 14.2. The summed E-state index contributed by atoms with van der Waals surface area (Å²) in [5.41, 5.74) is 2.35. The molecule has 5 nitrogen and oxygen atoms in total. The lowest BCUT2D eigenvalue weighted by Crippen LogP contribution is -2.38. The molecule has 1 aliphatic rings. The fraction of sp³-hybridized carbons (Fsp3) is 0.417. The summed E-state index contributed by atoms with van der Waals surface area (Å²) < 4.78 is 38.0. The van der Waals surface area contributed by atoms with Crippen molar-refractivity contribution in [1.82, 2.24) is 15.5 Å². The number of nitrogens with one attached hydrogen (secondary N) is 2. The van der Waals surface area contributed by atoms with Gasteiger partial charge in [0.05, 0.1) is 12.1 Å². The van der Waals surface area contributed by atoms with Gasteiger partial charge in [-0.25, -0.2) is 4.99 Å². The summed E-state index contributed by atoms with van der Waals surface area (Å²) in [5.74, 6) is 0.877. The lowest BCUT2D eigenvalue weighted by atomic mass is 10.1. The van der Waals surface area contributed by atoms with E-state index < -0.39 is 11.7 Å². The van der Waals surface area contributed by atoms with Crippen molar-refractivity contribution in [1.29, 1.82) is 0 Å². The van der Waals surface area contributed by atoms with Crippen molar-refractivity contribution in [3.63, 3.8) is 0 Å². The Morgan fingerprint density at radius 3 is 2.21 bits per heavy atom. The summed E-state index contributed by atoms with van der Waals surface area (Å²) in [7, 11) is 0. The standard InChI is InChI=1S/C24H29F3N4O.HI/c1-2-28-23(29-14-13-18-9-11-21(12-10-18)24(25,26)27)30-16-19-5-7-20(8-6-19)17-31-15-3-4-22(31)32;/h5-12H,2-4,13-17H2,1H3,(H2,28,29,30);1H. The van der Waals surface area contributed by atoms with Crippen LogP contribution in [0.1, 0.15) is 42.0 Å². The number of benzene rings is 2. The van der Waals surface area contributed by atoms with Gasteiger partial charge in [-0.1, -0.05) is 36.4 Å². The first kappa shape index (κ1) is 26.9. The highest BCUT2D eigenvalue weighted by Crippen LogP contribution is 2.29. The number of carbonyl (C=O) groups is 1. The highest BCUT2D eigenvalue weighted by Gasteiger charge is 2.29. The van der Waals surface area contributed by atoms with Crippen molar-refractivity contribution in [3.8, 4) is 0 Å². The first-order valence-corrected chi connectivity index (χ1v) is 10.9. The van der Waals surface area contributed by atoms with Crippen LogP contribution in [0.2, 0.25) is 0 Å². The van der Waals surface area contributed by atoms with Gasteiger partial charge in [0.15, 0.2) is 5.96 Å². The van der Waals surface area contributed by atoms with Crippen LogP contribution in [0.5, 0.6) is 0 Å². The van der Waals surface area contributed by atoms with Gasteiger partial charge in [0.25, 0.3) is 0 Å². The van der Waals surface area contributed by atoms with Gasteiger partial charge >= 0.3 is 6.18 Å². The van der Waals surface area contributed by atoms with E-state index in [4.69, 9.17) is 0 Å². The molecule has 2 N–H and O–H groups in total. The van der Waals surface area contributed by atoms with E-state index in [1.54, 1.807) is 0 Å². The van der Waals surface area contributed by atoms with E-state index in [-0.39, 0.29) is 29.9 Å².